The van der Waals surface area contributed by atoms with Gasteiger partial charge in [0.2, 0.25) is 0 Å². The summed E-state index contributed by atoms with van der Waals surface area (Å²) in [6.07, 6.45) is 42.7. The Hall–Kier alpha value is -1.66. The van der Waals surface area contributed by atoms with E-state index in [0.717, 1.165) is 66.3 Å². The lowest BCUT2D eigenvalue weighted by Crippen LogP contribution is -2.29. The highest BCUT2D eigenvalue weighted by atomic mass is 31.2. The van der Waals surface area contributed by atoms with E-state index >= 15 is 0 Å². The van der Waals surface area contributed by atoms with Crippen molar-refractivity contribution >= 4 is 15.2 Å². The molecule has 6 N–H and O–H groups in total. The molecule has 468 valence electrons. The summed E-state index contributed by atoms with van der Waals surface area (Å²) in [6, 6.07) is 7.50. The van der Waals surface area contributed by atoms with Gasteiger partial charge in [-0.25, -0.2) is 0 Å². The summed E-state index contributed by atoms with van der Waals surface area (Å²) < 4.78 is 26.2. The average molecular weight is 1160 g/mol. The minimum absolute atomic E-state index is 0.227. The number of rotatable bonds is 40. The molecule has 0 saturated carbocycles. The Morgan fingerprint density at radius 1 is 0.300 bits per heavy atom. The van der Waals surface area contributed by atoms with Crippen LogP contribution >= 0.6 is 15.2 Å². The maximum absolute atomic E-state index is 13.9. The Labute approximate surface area is 494 Å². The topological polar surface area (TPSA) is 156 Å². The molecule has 0 bridgehead atoms. The second-order valence-electron chi connectivity index (χ2n) is 28.8. The Morgan fingerprint density at radius 2 is 0.475 bits per heavy atom. The van der Waals surface area contributed by atoms with Gasteiger partial charge in [-0.05, 0) is 80.7 Å². The van der Waals surface area contributed by atoms with Gasteiger partial charge in [0, 0.05) is 0 Å². The average Bonchev–Trinajstić information content (AvgIpc) is 3.34. The van der Waals surface area contributed by atoms with Crippen LogP contribution in [0, 0.1) is 0 Å². The standard InChI is InChI=1S/C51H97O4P.C19H33O4P/c1-9-11-13-15-17-19-21-23-25-27-29-31-33-35-37-39-41-51(56(53,54)55,45-43-46(49(3,4)5)48(52)47(44-45)50(6,7)8)42-40-38-36-34-32-30-28-26-24-22-20-18-16-14-12-10-2;1-9-19(10-2,24(21,22)23)13-11-14(17(3,4)5)16(20)15(12-13)18(6,7)8/h43-44,52H,9-42H2,1-8H3,(H2,53,54,55);11-12,20H,9-10H2,1-8H3,(H2,21,22,23). The van der Waals surface area contributed by atoms with Gasteiger partial charge < -0.3 is 29.8 Å². The third-order valence-electron chi connectivity index (χ3n) is 17.7. The van der Waals surface area contributed by atoms with Gasteiger partial charge >= 0.3 is 15.2 Å². The number of aromatic hydroxyl groups is 2. The molecule has 80 heavy (non-hydrogen) atoms. The van der Waals surface area contributed by atoms with Crippen LogP contribution < -0.4 is 0 Å². The molecule has 0 aliphatic carbocycles. The van der Waals surface area contributed by atoms with Crippen molar-refractivity contribution < 1.29 is 38.9 Å². The summed E-state index contributed by atoms with van der Waals surface area (Å²) in [5.41, 5.74) is 3.01. The third-order valence-corrected chi connectivity index (χ3v) is 21.5. The van der Waals surface area contributed by atoms with Gasteiger partial charge in [0.15, 0.2) is 0 Å². The van der Waals surface area contributed by atoms with Gasteiger partial charge in [-0.1, -0.05) is 341 Å². The highest BCUT2D eigenvalue weighted by molar-refractivity contribution is 7.53. The zero-order chi connectivity index (χ0) is 60.9. The van der Waals surface area contributed by atoms with Crippen LogP contribution in [0.1, 0.15) is 375 Å². The second kappa shape index (κ2) is 37.0. The molecule has 2 aromatic carbocycles. The number of phenols is 2. The molecule has 2 aromatic rings. The molecule has 0 aliphatic rings. The van der Waals surface area contributed by atoms with Gasteiger partial charge in [0.1, 0.15) is 11.5 Å². The first-order valence-electron chi connectivity index (χ1n) is 33.1. The molecule has 0 spiro atoms. The lowest BCUT2D eigenvalue weighted by Gasteiger charge is -2.38. The van der Waals surface area contributed by atoms with Crippen LogP contribution in [0.15, 0.2) is 24.3 Å². The summed E-state index contributed by atoms with van der Waals surface area (Å²) in [5, 5.41) is 19.9. The van der Waals surface area contributed by atoms with Crippen LogP contribution in [0.5, 0.6) is 11.5 Å². The second-order valence-corrected chi connectivity index (χ2v) is 32.7. The lowest BCUT2D eigenvalue weighted by atomic mass is 9.75. The molecule has 0 atom stereocenters. The van der Waals surface area contributed by atoms with E-state index in [0.29, 0.717) is 31.2 Å². The number of hydrogen-bond donors (Lipinski definition) is 6. The third kappa shape index (κ3) is 26.3. The van der Waals surface area contributed by atoms with Crippen LogP contribution in [0.25, 0.3) is 0 Å². The van der Waals surface area contributed by atoms with E-state index < -0.39 is 25.5 Å². The summed E-state index contributed by atoms with van der Waals surface area (Å²) in [4.78, 5) is 42.8. The van der Waals surface area contributed by atoms with Crippen LogP contribution in [-0.4, -0.2) is 29.8 Å². The Bertz CT molecular complexity index is 1960. The van der Waals surface area contributed by atoms with Crippen molar-refractivity contribution in [3.8, 4) is 11.5 Å². The van der Waals surface area contributed by atoms with Crippen molar-refractivity contribution in [2.45, 2.75) is 374 Å². The summed E-state index contributed by atoms with van der Waals surface area (Å²) in [5.74, 6) is 0.503. The molecule has 8 nitrogen and oxygen atoms in total. The Kier molecular flexibility index (Phi) is 35.3. The summed E-state index contributed by atoms with van der Waals surface area (Å²) in [6.45, 7) is 32.7. The minimum Gasteiger partial charge on any atom is -0.507 e. The van der Waals surface area contributed by atoms with Crippen molar-refractivity contribution in [3.63, 3.8) is 0 Å². The monoisotopic (exact) mass is 1160 g/mol. The number of phenolic OH excluding ortho intramolecular Hbond substituents is 2. The molecule has 0 amide bonds. The predicted molar refractivity (Wildman–Crippen MR) is 347 cm³/mol. The van der Waals surface area contributed by atoms with Crippen molar-refractivity contribution in [2.24, 2.45) is 0 Å². The largest absolute Gasteiger partial charge is 0.507 e. The highest BCUT2D eigenvalue weighted by Gasteiger charge is 2.49. The Morgan fingerprint density at radius 3 is 0.637 bits per heavy atom. The normalized spacial score (nSPS) is 13.2. The quantitative estimate of drug-likeness (QED) is 0.0285. The molecule has 0 unspecified atom stereocenters. The van der Waals surface area contributed by atoms with E-state index in [1.165, 1.54) is 167 Å². The van der Waals surface area contributed by atoms with Gasteiger partial charge in [-0.3, -0.25) is 9.13 Å². The molecular weight excluding hydrogens is 1030 g/mol. The zero-order valence-electron chi connectivity index (χ0n) is 55.2. The SMILES string of the molecule is CCC(CC)(c1cc(C(C)(C)C)c(O)c(C(C)(C)C)c1)P(=O)(O)O.CCCCCCCCCCCCCCCCCCC(CCCCCCCCCCCCCCCCCC)(c1cc(C(C)(C)C)c(O)c(C(C)(C)C)c1)P(=O)(O)O. The number of hydrogen-bond acceptors (Lipinski definition) is 4. The zero-order valence-corrected chi connectivity index (χ0v) is 56.9. The molecule has 0 aromatic heterocycles. The maximum atomic E-state index is 13.9. The van der Waals surface area contributed by atoms with E-state index in [2.05, 4.69) is 55.4 Å². The lowest BCUT2D eigenvalue weighted by molar-refractivity contribution is 0.296. The molecule has 0 aliphatic heterocycles. The maximum Gasteiger partial charge on any atom is 0.335 e. The number of benzene rings is 2. The van der Waals surface area contributed by atoms with Crippen LogP contribution in [0.3, 0.4) is 0 Å². The molecule has 0 fully saturated rings. The summed E-state index contributed by atoms with van der Waals surface area (Å²) >= 11 is 0. The first kappa shape index (κ1) is 76.4. The Balaban J connectivity index is 0.00000110. The van der Waals surface area contributed by atoms with Crippen molar-refractivity contribution in [1.82, 2.24) is 0 Å². The van der Waals surface area contributed by atoms with Gasteiger partial charge in [0.25, 0.3) is 0 Å². The first-order chi connectivity index (χ1) is 37.2. The van der Waals surface area contributed by atoms with Crippen LogP contribution in [0.2, 0.25) is 0 Å². The van der Waals surface area contributed by atoms with E-state index in [4.69, 9.17) is 0 Å². The molecular formula is C70H130O8P2. The molecule has 0 heterocycles. The highest BCUT2D eigenvalue weighted by Crippen LogP contribution is 2.64. The first-order valence-corrected chi connectivity index (χ1v) is 36.3. The number of unbranched alkanes of at least 4 members (excludes halogenated alkanes) is 30. The smallest absolute Gasteiger partial charge is 0.335 e. The molecule has 2 rings (SSSR count). The van der Waals surface area contributed by atoms with E-state index in [9.17, 15) is 38.9 Å². The van der Waals surface area contributed by atoms with Gasteiger partial charge in [-0.2, -0.15) is 0 Å². The van der Waals surface area contributed by atoms with Crippen molar-refractivity contribution in [1.29, 1.82) is 0 Å². The van der Waals surface area contributed by atoms with Crippen molar-refractivity contribution in [2.75, 3.05) is 0 Å². The minimum atomic E-state index is -4.55. The molecule has 0 saturated heterocycles. The van der Waals surface area contributed by atoms with E-state index in [1.54, 1.807) is 12.1 Å². The van der Waals surface area contributed by atoms with Gasteiger partial charge in [-0.15, -0.1) is 0 Å². The molecule has 10 heteroatoms. The fourth-order valence-corrected chi connectivity index (χ4v) is 14.8. The van der Waals surface area contributed by atoms with Crippen LogP contribution in [0.4, 0.5) is 0 Å². The van der Waals surface area contributed by atoms with E-state index in [-0.39, 0.29) is 33.2 Å². The fraction of sp³-hybridized carbons (Fsp3) is 0.829. The van der Waals surface area contributed by atoms with Crippen LogP contribution in [-0.2, 0) is 41.1 Å². The summed E-state index contributed by atoms with van der Waals surface area (Å²) in [7, 11) is -8.92. The fourth-order valence-electron chi connectivity index (χ4n) is 12.1. The van der Waals surface area contributed by atoms with E-state index in [1.807, 2.05) is 67.5 Å². The van der Waals surface area contributed by atoms with Gasteiger partial charge in [0.05, 0.1) is 10.3 Å². The molecule has 0 radical (unpaired) electrons. The predicted octanol–water partition coefficient (Wildman–Crippen LogP) is 22.8. The van der Waals surface area contributed by atoms with Crippen molar-refractivity contribution in [3.05, 3.63) is 57.6 Å².